The molecule has 0 aliphatic rings. The molecular weight excluding hydrogens is 719 g/mol. The van der Waals surface area contributed by atoms with Crippen LogP contribution in [0.25, 0.3) is 115 Å². The highest BCUT2D eigenvalue weighted by Gasteiger charge is 2.19. The van der Waals surface area contributed by atoms with E-state index in [0.29, 0.717) is 0 Å². The van der Waals surface area contributed by atoms with E-state index >= 15 is 0 Å². The molecule has 0 N–H and O–H groups in total. The minimum atomic E-state index is 0.838. The maximum absolute atomic E-state index is 5.06. The van der Waals surface area contributed by atoms with E-state index in [-0.39, 0.29) is 0 Å². The van der Waals surface area contributed by atoms with Gasteiger partial charge in [-0.05, 0) is 119 Å². The van der Waals surface area contributed by atoms with E-state index in [0.717, 1.165) is 49.9 Å². The van der Waals surface area contributed by atoms with Gasteiger partial charge < -0.3 is 0 Å². The standard InChI is InChI=1S/C54H33N5/c1-10-22-48-35(12-1)30-38(33-56-48)54-46-20-8-4-16-42(46)52(43-17-5-9-21-47(43)54)36-25-28-49-50(31-36)58-59(57-49)39-26-23-34(24-27-39)51-40-14-2-6-18-44(40)53(37-13-11-29-55-32-37)45-19-7-3-15-41(45)51/h1-33H. The van der Waals surface area contributed by atoms with Crippen LogP contribution < -0.4 is 0 Å². The van der Waals surface area contributed by atoms with Gasteiger partial charge in [-0.1, -0.05) is 140 Å². The molecule has 3 heterocycles. The van der Waals surface area contributed by atoms with Gasteiger partial charge in [-0.3, -0.25) is 9.97 Å². The Balaban J connectivity index is 0.964. The normalized spacial score (nSPS) is 11.7. The number of nitrogens with zero attached hydrogens (tertiary/aromatic N) is 5. The summed E-state index contributed by atoms with van der Waals surface area (Å²) < 4.78 is 0. The van der Waals surface area contributed by atoms with Crippen LogP contribution in [0.3, 0.4) is 0 Å². The third-order valence-corrected chi connectivity index (χ3v) is 11.7. The zero-order valence-electron chi connectivity index (χ0n) is 31.8. The monoisotopic (exact) mass is 751 g/mol. The van der Waals surface area contributed by atoms with Crippen LogP contribution in [0, 0.1) is 0 Å². The van der Waals surface area contributed by atoms with Crippen LogP contribution in [-0.4, -0.2) is 25.0 Å². The van der Waals surface area contributed by atoms with Crippen LogP contribution in [-0.2, 0) is 0 Å². The Morgan fingerprint density at radius 2 is 0.814 bits per heavy atom. The van der Waals surface area contributed by atoms with Crippen molar-refractivity contribution in [3.05, 3.63) is 201 Å². The second-order valence-corrected chi connectivity index (χ2v) is 15.1. The molecule has 0 amide bonds. The fourth-order valence-corrected chi connectivity index (χ4v) is 9.17. The largest absolute Gasteiger partial charge is 0.264 e. The van der Waals surface area contributed by atoms with Gasteiger partial charge in [-0.2, -0.15) is 4.80 Å². The summed E-state index contributed by atoms with van der Waals surface area (Å²) in [5, 5.41) is 20.7. The number of hydrogen-bond donors (Lipinski definition) is 0. The molecule has 0 bridgehead atoms. The highest BCUT2D eigenvalue weighted by Crippen LogP contribution is 2.45. The van der Waals surface area contributed by atoms with Crippen LogP contribution in [0.4, 0.5) is 0 Å². The second-order valence-electron chi connectivity index (χ2n) is 15.1. The van der Waals surface area contributed by atoms with Crippen molar-refractivity contribution in [1.29, 1.82) is 0 Å². The lowest BCUT2D eigenvalue weighted by atomic mass is 9.86. The van der Waals surface area contributed by atoms with Crippen molar-refractivity contribution in [2.24, 2.45) is 0 Å². The molecule has 0 atom stereocenters. The zero-order chi connectivity index (χ0) is 38.9. The smallest absolute Gasteiger partial charge is 0.114 e. The summed E-state index contributed by atoms with van der Waals surface area (Å²) in [7, 11) is 0. The molecule has 0 fully saturated rings. The van der Waals surface area contributed by atoms with E-state index in [1.165, 1.54) is 65.3 Å². The molecule has 0 saturated heterocycles. The Bertz CT molecular complexity index is 3490. The van der Waals surface area contributed by atoms with Crippen LogP contribution >= 0.6 is 0 Å². The predicted octanol–water partition coefficient (Wildman–Crippen LogP) is 13.6. The molecule has 274 valence electrons. The number of hydrogen-bond acceptors (Lipinski definition) is 4. The molecule has 0 aliphatic heterocycles. The SMILES string of the molecule is c1cncc(-c2c3ccccc3c(-c3ccc(-n4nc5ccc(-c6c7ccccc7c(-c7cnc8ccccc8c7)c7ccccc67)cc5n4)cc3)c3ccccc23)c1. The summed E-state index contributed by atoms with van der Waals surface area (Å²) >= 11 is 0. The number of fused-ring (bicyclic) bond motifs is 6. The maximum atomic E-state index is 5.06. The highest BCUT2D eigenvalue weighted by molar-refractivity contribution is 6.23. The average molecular weight is 752 g/mol. The first-order chi connectivity index (χ1) is 29.3. The topological polar surface area (TPSA) is 56.5 Å². The Morgan fingerprint density at radius 3 is 1.39 bits per heavy atom. The van der Waals surface area contributed by atoms with Gasteiger partial charge in [0.1, 0.15) is 11.0 Å². The van der Waals surface area contributed by atoms with Crippen molar-refractivity contribution in [3.63, 3.8) is 0 Å². The lowest BCUT2D eigenvalue weighted by Crippen LogP contribution is -1.98. The van der Waals surface area contributed by atoms with Gasteiger partial charge in [-0.15, -0.1) is 10.2 Å². The quantitative estimate of drug-likeness (QED) is 0.164. The number of pyridine rings is 2. The van der Waals surface area contributed by atoms with Gasteiger partial charge in [0.25, 0.3) is 0 Å². The number of benzene rings is 9. The zero-order valence-corrected chi connectivity index (χ0v) is 31.8. The summed E-state index contributed by atoms with van der Waals surface area (Å²) in [4.78, 5) is 11.1. The summed E-state index contributed by atoms with van der Waals surface area (Å²) in [5.41, 5.74) is 12.8. The first-order valence-electron chi connectivity index (χ1n) is 19.9. The van der Waals surface area contributed by atoms with Gasteiger partial charge in [0.15, 0.2) is 0 Å². The molecule has 0 radical (unpaired) electrons. The second kappa shape index (κ2) is 13.3. The van der Waals surface area contributed by atoms with Crippen molar-refractivity contribution in [2.75, 3.05) is 0 Å². The first-order valence-corrected chi connectivity index (χ1v) is 19.9. The van der Waals surface area contributed by atoms with Crippen molar-refractivity contribution in [2.45, 2.75) is 0 Å². The van der Waals surface area contributed by atoms with Gasteiger partial charge in [0, 0.05) is 35.1 Å². The number of rotatable bonds is 5. The number of para-hydroxylation sites is 1. The van der Waals surface area contributed by atoms with Crippen LogP contribution in [0.1, 0.15) is 0 Å². The molecule has 12 rings (SSSR count). The molecule has 9 aromatic carbocycles. The van der Waals surface area contributed by atoms with E-state index < -0.39 is 0 Å². The molecule has 5 nitrogen and oxygen atoms in total. The summed E-state index contributed by atoms with van der Waals surface area (Å²) in [5.74, 6) is 0. The third-order valence-electron chi connectivity index (χ3n) is 11.7. The van der Waals surface area contributed by atoms with Crippen molar-refractivity contribution in [1.82, 2.24) is 25.0 Å². The molecule has 0 spiro atoms. The van der Waals surface area contributed by atoms with Crippen LogP contribution in [0.2, 0.25) is 0 Å². The van der Waals surface area contributed by atoms with Gasteiger partial charge in [0.05, 0.1) is 11.2 Å². The molecular formula is C54H33N5. The van der Waals surface area contributed by atoms with E-state index in [1.54, 1.807) is 4.80 Å². The van der Waals surface area contributed by atoms with Crippen molar-refractivity contribution >= 4 is 65.0 Å². The minimum Gasteiger partial charge on any atom is -0.264 e. The van der Waals surface area contributed by atoms with E-state index in [1.807, 2.05) is 30.7 Å². The molecule has 0 saturated carbocycles. The third kappa shape index (κ3) is 5.33. The molecule has 0 aliphatic carbocycles. The lowest BCUT2D eigenvalue weighted by molar-refractivity contribution is 0.766. The fraction of sp³-hybridized carbons (Fsp3) is 0. The van der Waals surface area contributed by atoms with Crippen LogP contribution in [0.5, 0.6) is 0 Å². The van der Waals surface area contributed by atoms with E-state index in [4.69, 9.17) is 15.2 Å². The average Bonchev–Trinajstić information content (AvgIpc) is 3.74. The van der Waals surface area contributed by atoms with Crippen LogP contribution in [0.15, 0.2) is 201 Å². The Hall–Kier alpha value is -8.02. The highest BCUT2D eigenvalue weighted by atomic mass is 15.5. The maximum Gasteiger partial charge on any atom is 0.114 e. The predicted molar refractivity (Wildman–Crippen MR) is 244 cm³/mol. The Morgan fingerprint density at radius 1 is 0.322 bits per heavy atom. The fourth-order valence-electron chi connectivity index (χ4n) is 9.17. The van der Waals surface area contributed by atoms with Gasteiger partial charge >= 0.3 is 0 Å². The number of aromatic nitrogens is 5. The molecule has 5 heteroatoms. The van der Waals surface area contributed by atoms with Crippen molar-refractivity contribution in [3.8, 4) is 50.2 Å². The summed E-state index contributed by atoms with van der Waals surface area (Å²) in [6.45, 7) is 0. The van der Waals surface area contributed by atoms with Gasteiger partial charge in [0.2, 0.25) is 0 Å². The van der Waals surface area contributed by atoms with E-state index in [9.17, 15) is 0 Å². The summed E-state index contributed by atoms with van der Waals surface area (Å²) in [6, 6.07) is 64.6. The minimum absolute atomic E-state index is 0.838. The Labute approximate surface area is 339 Å². The summed E-state index contributed by atoms with van der Waals surface area (Å²) in [6.07, 6.45) is 5.79. The van der Waals surface area contributed by atoms with E-state index in [2.05, 4.69) is 175 Å². The van der Waals surface area contributed by atoms with Gasteiger partial charge in [-0.25, -0.2) is 0 Å². The lowest BCUT2D eigenvalue weighted by Gasteiger charge is -2.17. The molecule has 3 aromatic heterocycles. The molecule has 0 unspecified atom stereocenters. The Kier molecular flexibility index (Phi) is 7.47. The molecule has 12 aromatic rings. The first kappa shape index (κ1) is 33.2. The van der Waals surface area contributed by atoms with Crippen molar-refractivity contribution < 1.29 is 0 Å². The molecule has 59 heavy (non-hydrogen) atoms.